The van der Waals surface area contributed by atoms with Gasteiger partial charge in [0.2, 0.25) is 5.28 Å². The Morgan fingerprint density at radius 3 is 2.50 bits per heavy atom. The second-order valence-corrected chi connectivity index (χ2v) is 9.97. The first-order valence-corrected chi connectivity index (χ1v) is 12.4. The SMILES string of the molecule is C[C@H](CC1CCC(c2ccnc3ccc(F)cc23)CC1)Nc1nc(Cl)nc2cc(C(F)(F)F)ccc12. The maximum Gasteiger partial charge on any atom is 0.416 e. The number of alkyl halides is 3. The number of nitrogens with zero attached hydrogens (tertiary/aromatic N) is 3. The Hall–Kier alpha value is -3.00. The maximum absolute atomic E-state index is 13.9. The molecule has 0 unspecified atom stereocenters. The summed E-state index contributed by atoms with van der Waals surface area (Å²) in [6, 6.07) is 10.2. The molecule has 0 amide bonds. The minimum absolute atomic E-state index is 0.0406. The molecule has 36 heavy (non-hydrogen) atoms. The summed E-state index contributed by atoms with van der Waals surface area (Å²) in [4.78, 5) is 12.6. The highest BCUT2D eigenvalue weighted by molar-refractivity contribution is 6.28. The van der Waals surface area contributed by atoms with E-state index in [-0.39, 0.29) is 22.7 Å². The Labute approximate surface area is 211 Å². The van der Waals surface area contributed by atoms with Crippen LogP contribution in [-0.4, -0.2) is 21.0 Å². The van der Waals surface area contributed by atoms with E-state index in [0.717, 1.165) is 60.7 Å². The lowest BCUT2D eigenvalue weighted by Crippen LogP contribution is -2.23. The molecule has 1 aliphatic carbocycles. The zero-order chi connectivity index (χ0) is 25.4. The van der Waals surface area contributed by atoms with Crippen molar-refractivity contribution in [2.75, 3.05) is 5.32 Å². The topological polar surface area (TPSA) is 50.7 Å². The van der Waals surface area contributed by atoms with E-state index in [1.807, 2.05) is 13.0 Å². The Kier molecular flexibility index (Phi) is 6.72. The lowest BCUT2D eigenvalue weighted by atomic mass is 9.76. The van der Waals surface area contributed by atoms with Gasteiger partial charge in [0, 0.05) is 23.0 Å². The van der Waals surface area contributed by atoms with Crippen molar-refractivity contribution in [3.05, 3.63) is 70.9 Å². The third-order valence-corrected chi connectivity index (χ3v) is 7.26. The van der Waals surface area contributed by atoms with Gasteiger partial charge in [-0.2, -0.15) is 13.2 Å². The van der Waals surface area contributed by atoms with E-state index in [0.29, 0.717) is 23.0 Å². The molecule has 1 atom stereocenters. The lowest BCUT2D eigenvalue weighted by Gasteiger charge is -2.31. The van der Waals surface area contributed by atoms with Crippen LogP contribution >= 0.6 is 11.6 Å². The summed E-state index contributed by atoms with van der Waals surface area (Å²) in [5.74, 6) is 1.04. The number of anilines is 1. The van der Waals surface area contributed by atoms with Crippen molar-refractivity contribution >= 4 is 39.2 Å². The normalized spacial score (nSPS) is 19.5. The molecule has 0 aliphatic heterocycles. The summed E-state index contributed by atoms with van der Waals surface area (Å²) in [5, 5.41) is 4.62. The molecule has 0 spiro atoms. The highest BCUT2D eigenvalue weighted by atomic mass is 35.5. The van der Waals surface area contributed by atoms with Gasteiger partial charge in [-0.3, -0.25) is 4.98 Å². The molecule has 9 heteroatoms. The minimum atomic E-state index is -4.46. The smallest absolute Gasteiger partial charge is 0.367 e. The van der Waals surface area contributed by atoms with Crippen molar-refractivity contribution in [3.8, 4) is 0 Å². The van der Waals surface area contributed by atoms with E-state index in [4.69, 9.17) is 11.6 Å². The van der Waals surface area contributed by atoms with Gasteiger partial charge < -0.3 is 5.32 Å². The second kappa shape index (κ2) is 9.81. The van der Waals surface area contributed by atoms with E-state index in [1.54, 1.807) is 18.3 Å². The fourth-order valence-electron chi connectivity index (χ4n) is 5.38. The van der Waals surface area contributed by atoms with Gasteiger partial charge >= 0.3 is 6.18 Å². The van der Waals surface area contributed by atoms with Crippen LogP contribution in [0.5, 0.6) is 0 Å². The molecule has 0 radical (unpaired) electrons. The van der Waals surface area contributed by atoms with Crippen LogP contribution in [0.3, 0.4) is 0 Å². The van der Waals surface area contributed by atoms with Crippen molar-refractivity contribution in [3.63, 3.8) is 0 Å². The van der Waals surface area contributed by atoms with Gasteiger partial charge in [-0.25, -0.2) is 14.4 Å². The number of nitrogens with one attached hydrogen (secondary N) is 1. The van der Waals surface area contributed by atoms with E-state index in [9.17, 15) is 17.6 Å². The van der Waals surface area contributed by atoms with Crippen LogP contribution in [0.25, 0.3) is 21.8 Å². The summed E-state index contributed by atoms with van der Waals surface area (Å²) < 4.78 is 53.2. The molecule has 1 aliphatic rings. The Balaban J connectivity index is 1.25. The average molecular weight is 517 g/mol. The Bertz CT molecular complexity index is 1400. The zero-order valence-corrected chi connectivity index (χ0v) is 20.4. The first kappa shape index (κ1) is 24.7. The summed E-state index contributed by atoms with van der Waals surface area (Å²) >= 11 is 6.02. The van der Waals surface area contributed by atoms with E-state index in [1.165, 1.54) is 12.1 Å². The standard InChI is InChI=1S/C27H25ClF4N4/c1-15(34-25-21-8-6-18(27(30,31)32)13-24(21)35-26(28)36-25)12-16-2-4-17(5-3-16)20-10-11-33-23-9-7-19(29)14-22(20)23/h6-11,13-17H,2-5,12H2,1H3,(H,34,35,36)/t15-,16?,17?/m1/s1. The predicted molar refractivity (Wildman–Crippen MR) is 134 cm³/mol. The molecule has 2 aromatic heterocycles. The summed E-state index contributed by atoms with van der Waals surface area (Å²) in [6.07, 6.45) is 2.32. The van der Waals surface area contributed by atoms with Gasteiger partial charge in [0.05, 0.1) is 16.6 Å². The number of fused-ring (bicyclic) bond motifs is 2. The van der Waals surface area contributed by atoms with Gasteiger partial charge in [-0.15, -0.1) is 0 Å². The molecule has 2 aromatic carbocycles. The summed E-state index contributed by atoms with van der Waals surface area (Å²) in [6.45, 7) is 2.04. The van der Waals surface area contributed by atoms with Crippen LogP contribution in [0.4, 0.5) is 23.4 Å². The molecule has 1 fully saturated rings. The van der Waals surface area contributed by atoms with Gasteiger partial charge in [-0.05, 0) is 110 Å². The molecule has 0 saturated heterocycles. The number of halogens is 5. The number of pyridine rings is 1. The summed E-state index contributed by atoms with van der Waals surface area (Å²) in [5.41, 5.74) is 1.35. The number of aromatic nitrogens is 3. The maximum atomic E-state index is 13.9. The first-order valence-electron chi connectivity index (χ1n) is 12.0. The lowest BCUT2D eigenvalue weighted by molar-refractivity contribution is -0.137. The van der Waals surface area contributed by atoms with Crippen LogP contribution in [-0.2, 0) is 6.18 Å². The molecule has 5 rings (SSSR count). The predicted octanol–water partition coefficient (Wildman–Crippen LogP) is 8.15. The molecule has 0 bridgehead atoms. The second-order valence-electron chi connectivity index (χ2n) is 9.63. The first-order chi connectivity index (χ1) is 17.2. The molecule has 1 saturated carbocycles. The number of hydrogen-bond acceptors (Lipinski definition) is 4. The third-order valence-electron chi connectivity index (χ3n) is 7.09. The van der Waals surface area contributed by atoms with Crippen LogP contribution in [0.2, 0.25) is 5.28 Å². The molecule has 188 valence electrons. The fourth-order valence-corrected chi connectivity index (χ4v) is 5.56. The average Bonchev–Trinajstić information content (AvgIpc) is 2.83. The highest BCUT2D eigenvalue weighted by Gasteiger charge is 2.31. The van der Waals surface area contributed by atoms with Crippen LogP contribution in [0.15, 0.2) is 48.7 Å². The summed E-state index contributed by atoms with van der Waals surface area (Å²) in [7, 11) is 0. The Morgan fingerprint density at radius 1 is 0.972 bits per heavy atom. The number of rotatable bonds is 5. The zero-order valence-electron chi connectivity index (χ0n) is 19.6. The third kappa shape index (κ3) is 5.24. The monoisotopic (exact) mass is 516 g/mol. The number of hydrogen-bond donors (Lipinski definition) is 1. The van der Waals surface area contributed by atoms with Crippen molar-refractivity contribution in [1.82, 2.24) is 15.0 Å². The molecular formula is C27H25ClF4N4. The fraction of sp³-hybridized carbons (Fsp3) is 0.370. The molecule has 1 N–H and O–H groups in total. The molecular weight excluding hydrogens is 492 g/mol. The van der Waals surface area contributed by atoms with Gasteiger partial charge in [0.15, 0.2) is 0 Å². The van der Waals surface area contributed by atoms with E-state index in [2.05, 4.69) is 20.3 Å². The highest BCUT2D eigenvalue weighted by Crippen LogP contribution is 2.40. The van der Waals surface area contributed by atoms with E-state index >= 15 is 0 Å². The van der Waals surface area contributed by atoms with Crippen molar-refractivity contribution in [1.29, 1.82) is 0 Å². The van der Waals surface area contributed by atoms with E-state index < -0.39 is 11.7 Å². The Morgan fingerprint density at radius 2 is 1.75 bits per heavy atom. The van der Waals surface area contributed by atoms with Crippen molar-refractivity contribution in [2.24, 2.45) is 5.92 Å². The van der Waals surface area contributed by atoms with Crippen LogP contribution in [0, 0.1) is 11.7 Å². The molecule has 4 nitrogen and oxygen atoms in total. The van der Waals surface area contributed by atoms with Crippen molar-refractivity contribution < 1.29 is 17.6 Å². The molecule has 2 heterocycles. The minimum Gasteiger partial charge on any atom is -0.367 e. The van der Waals surface area contributed by atoms with Crippen LogP contribution in [0.1, 0.15) is 56.1 Å². The largest absolute Gasteiger partial charge is 0.416 e. The van der Waals surface area contributed by atoms with Gasteiger partial charge in [0.1, 0.15) is 11.6 Å². The number of benzene rings is 2. The quantitative estimate of drug-likeness (QED) is 0.215. The van der Waals surface area contributed by atoms with Crippen LogP contribution < -0.4 is 5.32 Å². The van der Waals surface area contributed by atoms with Crippen molar-refractivity contribution in [2.45, 2.75) is 57.2 Å². The van der Waals surface area contributed by atoms with Gasteiger partial charge in [0.25, 0.3) is 0 Å². The molecule has 4 aromatic rings. The van der Waals surface area contributed by atoms with Gasteiger partial charge in [-0.1, -0.05) is 0 Å².